The lowest BCUT2D eigenvalue weighted by Crippen LogP contribution is -2.47. The Kier molecular flexibility index (Phi) is 2.63. The SMILES string of the molecule is O=C(c1ccccc1)N1C2CCC1CC(O)C2. The normalized spacial score (nSPS) is 31.6. The van der Waals surface area contributed by atoms with Gasteiger partial charge in [-0.2, -0.15) is 0 Å². The molecule has 2 aliphatic heterocycles. The van der Waals surface area contributed by atoms with Crippen molar-refractivity contribution >= 4 is 5.91 Å². The fourth-order valence-electron chi connectivity index (χ4n) is 3.21. The molecule has 0 spiro atoms. The maximum Gasteiger partial charge on any atom is 0.254 e. The van der Waals surface area contributed by atoms with Gasteiger partial charge in [0.25, 0.3) is 5.91 Å². The first-order valence-electron chi connectivity index (χ1n) is 6.31. The molecule has 2 unspecified atom stereocenters. The summed E-state index contributed by atoms with van der Waals surface area (Å²) >= 11 is 0. The number of aliphatic hydroxyl groups is 1. The number of piperidine rings is 1. The van der Waals surface area contributed by atoms with Crippen molar-refractivity contribution in [1.82, 2.24) is 4.90 Å². The van der Waals surface area contributed by atoms with Gasteiger partial charge in [0.05, 0.1) is 6.10 Å². The van der Waals surface area contributed by atoms with Gasteiger partial charge < -0.3 is 10.0 Å². The lowest BCUT2D eigenvalue weighted by molar-refractivity contribution is 0.0287. The van der Waals surface area contributed by atoms with Crippen LogP contribution in [0.3, 0.4) is 0 Å². The number of aliphatic hydroxyl groups excluding tert-OH is 1. The topological polar surface area (TPSA) is 40.5 Å². The first kappa shape index (κ1) is 10.8. The molecular formula is C14H17NO2. The zero-order valence-electron chi connectivity index (χ0n) is 9.75. The summed E-state index contributed by atoms with van der Waals surface area (Å²) in [6.45, 7) is 0. The number of fused-ring (bicyclic) bond motifs is 2. The molecule has 0 saturated carbocycles. The van der Waals surface area contributed by atoms with Crippen molar-refractivity contribution in [1.29, 1.82) is 0 Å². The Morgan fingerprint density at radius 2 is 1.71 bits per heavy atom. The molecule has 2 saturated heterocycles. The minimum Gasteiger partial charge on any atom is -0.393 e. The van der Waals surface area contributed by atoms with Crippen LogP contribution in [0.15, 0.2) is 30.3 Å². The number of carbonyl (C=O) groups excluding carboxylic acids is 1. The molecule has 1 aromatic carbocycles. The van der Waals surface area contributed by atoms with Crippen molar-refractivity contribution in [2.45, 2.75) is 43.9 Å². The van der Waals surface area contributed by atoms with Crippen LogP contribution < -0.4 is 0 Å². The number of amides is 1. The third-order valence-electron chi connectivity index (χ3n) is 3.96. The molecular weight excluding hydrogens is 214 g/mol. The van der Waals surface area contributed by atoms with E-state index in [9.17, 15) is 9.90 Å². The second kappa shape index (κ2) is 4.15. The van der Waals surface area contributed by atoms with Crippen LogP contribution in [0.1, 0.15) is 36.0 Å². The van der Waals surface area contributed by atoms with Gasteiger partial charge in [0.15, 0.2) is 0 Å². The standard InChI is InChI=1S/C14H17NO2/c16-13-8-11-6-7-12(9-13)15(11)14(17)10-4-2-1-3-5-10/h1-5,11-13,16H,6-9H2. The highest BCUT2D eigenvalue weighted by molar-refractivity contribution is 5.94. The first-order valence-corrected chi connectivity index (χ1v) is 6.31. The third kappa shape index (κ3) is 1.84. The van der Waals surface area contributed by atoms with E-state index in [2.05, 4.69) is 0 Å². The fourth-order valence-corrected chi connectivity index (χ4v) is 3.21. The highest BCUT2D eigenvalue weighted by atomic mass is 16.3. The molecule has 1 amide bonds. The monoisotopic (exact) mass is 231 g/mol. The van der Waals surface area contributed by atoms with Crippen molar-refractivity contribution < 1.29 is 9.90 Å². The van der Waals surface area contributed by atoms with E-state index in [1.54, 1.807) is 0 Å². The summed E-state index contributed by atoms with van der Waals surface area (Å²) < 4.78 is 0. The van der Waals surface area contributed by atoms with E-state index in [1.165, 1.54) is 0 Å². The van der Waals surface area contributed by atoms with Crippen LogP contribution in [0, 0.1) is 0 Å². The van der Waals surface area contributed by atoms with Crippen molar-refractivity contribution in [3.63, 3.8) is 0 Å². The summed E-state index contributed by atoms with van der Waals surface area (Å²) in [6.07, 6.45) is 3.36. The first-order chi connectivity index (χ1) is 8.25. The van der Waals surface area contributed by atoms with Gasteiger partial charge in [-0.1, -0.05) is 18.2 Å². The summed E-state index contributed by atoms with van der Waals surface area (Å²) in [7, 11) is 0. The van der Waals surface area contributed by atoms with E-state index in [0.717, 1.165) is 31.2 Å². The summed E-state index contributed by atoms with van der Waals surface area (Å²) in [5, 5.41) is 9.72. The van der Waals surface area contributed by atoms with Gasteiger partial charge in [-0.15, -0.1) is 0 Å². The molecule has 2 atom stereocenters. The summed E-state index contributed by atoms with van der Waals surface area (Å²) in [5.41, 5.74) is 0.765. The van der Waals surface area contributed by atoms with Gasteiger partial charge in [0, 0.05) is 17.6 Å². The minimum atomic E-state index is -0.215. The zero-order chi connectivity index (χ0) is 11.8. The van der Waals surface area contributed by atoms with Crippen LogP contribution in [0.5, 0.6) is 0 Å². The molecule has 2 fully saturated rings. The highest BCUT2D eigenvalue weighted by Crippen LogP contribution is 2.36. The van der Waals surface area contributed by atoms with Crippen LogP contribution in [-0.2, 0) is 0 Å². The smallest absolute Gasteiger partial charge is 0.254 e. The van der Waals surface area contributed by atoms with E-state index < -0.39 is 0 Å². The third-order valence-corrected chi connectivity index (χ3v) is 3.96. The average Bonchev–Trinajstić information content (AvgIpc) is 2.62. The van der Waals surface area contributed by atoms with Crippen molar-refractivity contribution in [3.05, 3.63) is 35.9 Å². The molecule has 1 N–H and O–H groups in total. The molecule has 3 heteroatoms. The number of rotatable bonds is 1. The molecule has 3 nitrogen and oxygen atoms in total. The van der Waals surface area contributed by atoms with E-state index >= 15 is 0 Å². The zero-order valence-corrected chi connectivity index (χ0v) is 9.75. The van der Waals surface area contributed by atoms with E-state index in [0.29, 0.717) is 0 Å². The molecule has 2 heterocycles. The maximum atomic E-state index is 12.4. The number of carbonyl (C=O) groups is 1. The van der Waals surface area contributed by atoms with Gasteiger partial charge in [-0.25, -0.2) is 0 Å². The van der Waals surface area contributed by atoms with Crippen LogP contribution in [0.2, 0.25) is 0 Å². The predicted molar refractivity (Wildman–Crippen MR) is 64.7 cm³/mol. The van der Waals surface area contributed by atoms with Crippen LogP contribution in [0.4, 0.5) is 0 Å². The van der Waals surface area contributed by atoms with Crippen LogP contribution in [0.25, 0.3) is 0 Å². The molecule has 0 aliphatic carbocycles. The van der Waals surface area contributed by atoms with E-state index in [1.807, 2.05) is 35.2 Å². The highest BCUT2D eigenvalue weighted by Gasteiger charge is 2.42. The Morgan fingerprint density at radius 1 is 1.12 bits per heavy atom. The second-order valence-corrected chi connectivity index (χ2v) is 5.09. The van der Waals surface area contributed by atoms with Gasteiger partial charge in [0.1, 0.15) is 0 Å². The summed E-state index contributed by atoms with van der Waals surface area (Å²) in [5.74, 6) is 0.130. The largest absolute Gasteiger partial charge is 0.393 e. The quantitative estimate of drug-likeness (QED) is 0.800. The molecule has 1 aromatic rings. The Morgan fingerprint density at radius 3 is 2.29 bits per heavy atom. The number of hydrogen-bond acceptors (Lipinski definition) is 2. The molecule has 2 aliphatic rings. The molecule has 90 valence electrons. The summed E-state index contributed by atoms with van der Waals surface area (Å²) in [4.78, 5) is 14.4. The van der Waals surface area contributed by atoms with Crippen LogP contribution >= 0.6 is 0 Å². The van der Waals surface area contributed by atoms with E-state index in [-0.39, 0.29) is 24.1 Å². The Hall–Kier alpha value is -1.35. The lowest BCUT2D eigenvalue weighted by atomic mass is 9.99. The maximum absolute atomic E-state index is 12.4. The molecule has 0 radical (unpaired) electrons. The van der Waals surface area contributed by atoms with Gasteiger partial charge >= 0.3 is 0 Å². The van der Waals surface area contributed by atoms with Crippen molar-refractivity contribution in [2.24, 2.45) is 0 Å². The van der Waals surface area contributed by atoms with Gasteiger partial charge in [0.2, 0.25) is 0 Å². The lowest BCUT2D eigenvalue weighted by Gasteiger charge is -2.37. The number of benzene rings is 1. The minimum absolute atomic E-state index is 0.130. The van der Waals surface area contributed by atoms with Crippen molar-refractivity contribution in [2.75, 3.05) is 0 Å². The van der Waals surface area contributed by atoms with Crippen LogP contribution in [-0.4, -0.2) is 34.1 Å². The molecule has 17 heavy (non-hydrogen) atoms. The predicted octanol–water partition coefficient (Wildman–Crippen LogP) is 1.81. The van der Waals surface area contributed by atoms with E-state index in [4.69, 9.17) is 0 Å². The molecule has 0 aromatic heterocycles. The van der Waals surface area contributed by atoms with Gasteiger partial charge in [-0.05, 0) is 37.8 Å². The Labute approximate surface area is 101 Å². The number of hydrogen-bond donors (Lipinski definition) is 1. The van der Waals surface area contributed by atoms with Crippen molar-refractivity contribution in [3.8, 4) is 0 Å². The molecule has 3 rings (SSSR count). The second-order valence-electron chi connectivity index (χ2n) is 5.09. The Balaban J connectivity index is 1.84. The number of nitrogens with zero attached hydrogens (tertiary/aromatic N) is 1. The molecule has 2 bridgehead atoms. The Bertz CT molecular complexity index is 403. The average molecular weight is 231 g/mol. The van der Waals surface area contributed by atoms with Gasteiger partial charge in [-0.3, -0.25) is 4.79 Å². The summed E-state index contributed by atoms with van der Waals surface area (Å²) in [6, 6.07) is 9.94. The fraction of sp³-hybridized carbons (Fsp3) is 0.500.